The van der Waals surface area contributed by atoms with E-state index in [9.17, 15) is 33.9 Å². The second-order valence-electron chi connectivity index (χ2n) is 16.5. The number of carboxylic acid groups (broad SMARTS) is 1. The third kappa shape index (κ3) is 9.11. The summed E-state index contributed by atoms with van der Waals surface area (Å²) >= 11 is 6.35. The van der Waals surface area contributed by atoms with Crippen molar-refractivity contribution in [3.8, 4) is 5.69 Å². The maximum Gasteiger partial charge on any atom is 0.419 e. The molecule has 3 aliphatic heterocycles. The second kappa shape index (κ2) is 17.6. The lowest BCUT2D eigenvalue weighted by Crippen LogP contribution is -2.60. The van der Waals surface area contributed by atoms with Crippen LogP contribution in [0.4, 0.5) is 21.9 Å². The van der Waals surface area contributed by atoms with Gasteiger partial charge in [0.05, 0.1) is 23.4 Å². The van der Waals surface area contributed by atoms with E-state index in [1.807, 2.05) is 0 Å². The number of fused-ring (bicyclic) bond motifs is 1. The van der Waals surface area contributed by atoms with E-state index < -0.39 is 41.4 Å². The lowest BCUT2D eigenvalue weighted by molar-refractivity contribution is -0.149. The molecule has 0 spiro atoms. The summed E-state index contributed by atoms with van der Waals surface area (Å²) < 4.78 is 13.3. The van der Waals surface area contributed by atoms with Gasteiger partial charge in [-0.2, -0.15) is 4.68 Å². The number of benzene rings is 3. The van der Waals surface area contributed by atoms with Crippen molar-refractivity contribution in [2.75, 3.05) is 61.1 Å². The number of carbonyl (C=O) groups excluding carboxylic acids is 5. The Morgan fingerprint density at radius 1 is 0.905 bits per heavy atom. The molecule has 2 aromatic heterocycles. The maximum absolute atomic E-state index is 14.5. The minimum atomic E-state index is -1.36. The van der Waals surface area contributed by atoms with Gasteiger partial charge in [0.1, 0.15) is 23.7 Å². The fourth-order valence-electron chi connectivity index (χ4n) is 8.24. The molecule has 0 saturated carbocycles. The van der Waals surface area contributed by atoms with Crippen LogP contribution in [-0.2, 0) is 35.1 Å². The Kier molecular flexibility index (Phi) is 12.0. The van der Waals surface area contributed by atoms with Gasteiger partial charge in [-0.05, 0) is 104 Å². The summed E-state index contributed by atoms with van der Waals surface area (Å²) in [5.41, 5.74) is 1.28. The molecule has 3 saturated heterocycles. The minimum Gasteiger partial charge on any atom is -0.477 e. The summed E-state index contributed by atoms with van der Waals surface area (Å²) in [5.74, 6) is -3.85. The Bertz CT molecular complexity index is 2590. The quantitative estimate of drug-likeness (QED) is 0.190. The van der Waals surface area contributed by atoms with Crippen molar-refractivity contribution in [3.63, 3.8) is 0 Å². The number of nitrogens with one attached hydrogen (secondary N) is 1. The number of anilines is 3. The standard InChI is InChI=1S/C43H45ClN10O9/c1-43(2,3)63-42(61)54-32-11-7-29(21-27(32)22-36(54)41(59)60)46-38(56)35(20-26-4-8-31(9-5-26)50-15-14-49(24-37(50)55)30-12-18-62-19-13-30)52-17-16-51(39(57)40(52)58)34-23-28(44)6-10-33(34)53-25-45-47-48-53/h4-11,21-23,25,30,35H,12-20,24H2,1-3H3,(H,46,56)(H,59,60). The van der Waals surface area contributed by atoms with Gasteiger partial charge in [0.2, 0.25) is 11.8 Å². The molecule has 3 aliphatic rings. The Balaban J connectivity index is 1.06. The zero-order chi connectivity index (χ0) is 44.6. The number of rotatable bonds is 10. The number of tetrazole rings is 1. The third-order valence-electron chi connectivity index (χ3n) is 11.3. The predicted octanol–water partition coefficient (Wildman–Crippen LogP) is 4.00. The van der Waals surface area contributed by atoms with E-state index in [0.29, 0.717) is 65.4 Å². The number of hydrogen-bond acceptors (Lipinski definition) is 12. The molecule has 2 N–H and O–H groups in total. The Hall–Kier alpha value is -6.70. The average molecular weight is 881 g/mol. The number of hydrogen-bond donors (Lipinski definition) is 2. The van der Waals surface area contributed by atoms with Crippen LogP contribution in [0.2, 0.25) is 5.02 Å². The SMILES string of the molecule is CC(C)(C)OC(=O)n1c(C(=O)O)cc2cc(NC(=O)C(Cc3ccc(N4CCN(C5CCOCC5)CC4=O)cc3)N3CCN(c4cc(Cl)ccc4-n4cnnn4)C(=O)C3=O)ccc21. The molecule has 1 atom stereocenters. The van der Waals surface area contributed by atoms with Crippen LogP contribution in [0, 0.1) is 0 Å². The fourth-order valence-corrected chi connectivity index (χ4v) is 8.41. The van der Waals surface area contributed by atoms with Crippen LogP contribution in [0.25, 0.3) is 16.6 Å². The van der Waals surface area contributed by atoms with Crippen LogP contribution in [0.3, 0.4) is 0 Å². The lowest BCUT2D eigenvalue weighted by Gasteiger charge is -2.40. The zero-order valence-corrected chi connectivity index (χ0v) is 35.5. The van der Waals surface area contributed by atoms with Crippen molar-refractivity contribution in [1.29, 1.82) is 0 Å². The highest BCUT2D eigenvalue weighted by Crippen LogP contribution is 2.31. The van der Waals surface area contributed by atoms with E-state index in [0.717, 1.165) is 24.0 Å². The van der Waals surface area contributed by atoms with E-state index in [-0.39, 0.29) is 42.3 Å². The van der Waals surface area contributed by atoms with Gasteiger partial charge in [-0.1, -0.05) is 23.7 Å². The van der Waals surface area contributed by atoms with Crippen LogP contribution >= 0.6 is 11.6 Å². The molecule has 0 aliphatic carbocycles. The second-order valence-corrected chi connectivity index (χ2v) is 16.9. The number of ether oxygens (including phenoxy) is 2. The molecule has 0 radical (unpaired) electrons. The molecule has 19 nitrogen and oxygen atoms in total. The topological polar surface area (TPSA) is 215 Å². The van der Waals surface area contributed by atoms with Crippen LogP contribution in [-0.4, -0.2) is 139 Å². The molecule has 0 bridgehead atoms. The summed E-state index contributed by atoms with van der Waals surface area (Å²) in [5, 5.41) is 24.7. The summed E-state index contributed by atoms with van der Waals surface area (Å²) in [4.78, 5) is 87.8. The van der Waals surface area contributed by atoms with Gasteiger partial charge in [-0.25, -0.2) is 14.2 Å². The predicted molar refractivity (Wildman–Crippen MR) is 229 cm³/mol. The van der Waals surface area contributed by atoms with Crippen molar-refractivity contribution in [2.24, 2.45) is 0 Å². The van der Waals surface area contributed by atoms with Crippen molar-refractivity contribution in [3.05, 3.63) is 89.3 Å². The maximum atomic E-state index is 14.5. The molecular formula is C43H45ClN10O9. The summed E-state index contributed by atoms with van der Waals surface area (Å²) in [6, 6.07) is 16.8. The van der Waals surface area contributed by atoms with Crippen LogP contribution in [0.1, 0.15) is 49.7 Å². The molecule has 5 aromatic rings. The van der Waals surface area contributed by atoms with Gasteiger partial charge in [-0.15, -0.1) is 5.10 Å². The van der Waals surface area contributed by atoms with Crippen molar-refractivity contribution in [1.82, 2.24) is 34.6 Å². The lowest BCUT2D eigenvalue weighted by atomic mass is 10.0. The summed E-state index contributed by atoms with van der Waals surface area (Å²) in [6.07, 6.45) is 2.24. The molecule has 3 aromatic carbocycles. The number of nitrogens with zero attached hydrogens (tertiary/aromatic N) is 9. The Morgan fingerprint density at radius 2 is 1.65 bits per heavy atom. The van der Waals surface area contributed by atoms with E-state index in [2.05, 4.69) is 25.7 Å². The molecule has 20 heteroatoms. The normalized spacial score (nSPS) is 17.3. The van der Waals surface area contributed by atoms with Gasteiger partial charge >= 0.3 is 23.9 Å². The zero-order valence-electron chi connectivity index (χ0n) is 34.8. The Morgan fingerprint density at radius 3 is 2.33 bits per heavy atom. The number of piperazine rings is 2. The molecule has 4 amide bonds. The Labute approximate surface area is 366 Å². The summed E-state index contributed by atoms with van der Waals surface area (Å²) in [7, 11) is 0. The first-order valence-electron chi connectivity index (χ1n) is 20.4. The van der Waals surface area contributed by atoms with Crippen molar-refractivity contribution < 1.29 is 43.3 Å². The van der Waals surface area contributed by atoms with Crippen molar-refractivity contribution in [2.45, 2.75) is 57.7 Å². The number of carbonyl (C=O) groups is 6. The fraction of sp³-hybridized carbons (Fsp3) is 0.372. The molecule has 63 heavy (non-hydrogen) atoms. The number of aromatic carboxylic acids is 1. The molecule has 328 valence electrons. The molecule has 1 unspecified atom stereocenters. The van der Waals surface area contributed by atoms with E-state index >= 15 is 0 Å². The van der Waals surface area contributed by atoms with Crippen molar-refractivity contribution >= 4 is 75.3 Å². The highest BCUT2D eigenvalue weighted by molar-refractivity contribution is 6.41. The van der Waals surface area contributed by atoms with E-state index in [1.54, 1.807) is 62.1 Å². The monoisotopic (exact) mass is 880 g/mol. The molecule has 3 fully saturated rings. The van der Waals surface area contributed by atoms with E-state index in [4.69, 9.17) is 21.1 Å². The molecule has 5 heterocycles. The van der Waals surface area contributed by atoms with Crippen LogP contribution in [0.5, 0.6) is 0 Å². The van der Waals surface area contributed by atoms with Gasteiger partial charge in [-0.3, -0.25) is 24.1 Å². The third-order valence-corrected chi connectivity index (χ3v) is 11.5. The first kappa shape index (κ1) is 43.0. The average Bonchev–Trinajstić information content (AvgIpc) is 3.93. The smallest absolute Gasteiger partial charge is 0.419 e. The highest BCUT2D eigenvalue weighted by Gasteiger charge is 2.41. The number of aromatic nitrogens is 5. The molecule has 8 rings (SSSR count). The van der Waals surface area contributed by atoms with Gasteiger partial charge < -0.3 is 34.6 Å². The first-order chi connectivity index (χ1) is 30.1. The highest BCUT2D eigenvalue weighted by atomic mass is 35.5. The largest absolute Gasteiger partial charge is 0.477 e. The number of carboxylic acids is 1. The van der Waals surface area contributed by atoms with E-state index in [1.165, 1.54) is 51.1 Å². The van der Waals surface area contributed by atoms with Gasteiger partial charge in [0, 0.05) is 73.6 Å². The van der Waals surface area contributed by atoms with Crippen LogP contribution in [0.15, 0.2) is 73.1 Å². The first-order valence-corrected chi connectivity index (χ1v) is 20.8. The van der Waals surface area contributed by atoms with Gasteiger partial charge in [0.15, 0.2) is 0 Å². The summed E-state index contributed by atoms with van der Waals surface area (Å²) in [6.45, 7) is 7.85. The van der Waals surface area contributed by atoms with Gasteiger partial charge in [0.25, 0.3) is 0 Å². The number of halogens is 1. The molecular weight excluding hydrogens is 836 g/mol. The van der Waals surface area contributed by atoms with Crippen LogP contribution < -0.4 is 15.1 Å². The minimum absolute atomic E-state index is 0.00711. The number of amides is 4.